The summed E-state index contributed by atoms with van der Waals surface area (Å²) in [5.74, 6) is 5.79. The maximum atomic E-state index is 11.9. The first kappa shape index (κ1) is 57.0. The molecule has 65 heavy (non-hydrogen) atoms. The molecule has 0 heterocycles. The standard InChI is InChI=1S/C46H84N10O9/c1-3-33(2)45(61)54-20-12-21-56(51)31-38(50)15-6-9-24-65-44-41(63-22-7-4-13-36(48)29-52-17-10-16-47)25-34(32-57)26-42(44)64-23-8-5-14-37(49)30-53-18-11-19-55-46(62)35-27-39(58)43(60)40(59)28-35/h3,25-27,29-30,38,40-41,44,46,52-53,55,57-60,62H,4-24,28,31-32,47-51H2,1-2H3,(H,54,61)/b33-3+,36-29-,37-30-/t38-,40?,41?,44+,46?/m0/s1. The smallest absolute Gasteiger partial charge is 0.246 e. The number of carbonyl (C=O) groups is 1. The lowest BCUT2D eigenvalue weighted by Crippen LogP contribution is -2.43. The van der Waals surface area contributed by atoms with E-state index in [-0.39, 0.29) is 25.0 Å². The van der Waals surface area contributed by atoms with E-state index in [1.807, 2.05) is 25.3 Å². The molecule has 0 saturated carbocycles. The first-order valence-corrected chi connectivity index (χ1v) is 23.3. The van der Waals surface area contributed by atoms with Gasteiger partial charge in [-0.05, 0) is 133 Å². The Morgan fingerprint density at radius 1 is 0.908 bits per heavy atom. The summed E-state index contributed by atoms with van der Waals surface area (Å²) in [5, 5.41) is 63.5. The molecule has 0 aliphatic heterocycles. The second-order valence-corrected chi connectivity index (χ2v) is 16.6. The second-order valence-electron chi connectivity index (χ2n) is 16.6. The highest BCUT2D eigenvalue weighted by Gasteiger charge is 2.31. The maximum Gasteiger partial charge on any atom is 0.246 e. The molecular weight excluding hydrogens is 837 g/mol. The summed E-state index contributed by atoms with van der Waals surface area (Å²) in [6.45, 7) is 8.98. The molecule has 2 rings (SSSR count). The molecular formula is C46H84N10O9. The van der Waals surface area contributed by atoms with Gasteiger partial charge in [0.05, 0.1) is 13.2 Å². The van der Waals surface area contributed by atoms with Gasteiger partial charge in [0.2, 0.25) is 5.91 Å². The van der Waals surface area contributed by atoms with E-state index in [4.69, 9.17) is 43.0 Å². The van der Waals surface area contributed by atoms with Crippen LogP contribution in [0.2, 0.25) is 0 Å². The summed E-state index contributed by atoms with van der Waals surface area (Å²) in [5.41, 5.74) is 27.6. The summed E-state index contributed by atoms with van der Waals surface area (Å²) in [4.78, 5) is 11.9. The monoisotopic (exact) mass is 921 g/mol. The number of hydrazine groups is 1. The van der Waals surface area contributed by atoms with Crippen molar-refractivity contribution < 1.29 is 44.5 Å². The Kier molecular flexibility index (Phi) is 30.0. The van der Waals surface area contributed by atoms with E-state index >= 15 is 0 Å². The first-order chi connectivity index (χ1) is 31.3. The molecule has 372 valence electrons. The molecule has 2 aliphatic carbocycles. The summed E-state index contributed by atoms with van der Waals surface area (Å²) in [6, 6.07) is -0.109. The maximum absolute atomic E-state index is 11.9. The van der Waals surface area contributed by atoms with Crippen LogP contribution in [0.25, 0.3) is 0 Å². The number of unbranched alkanes of at least 4 members (excludes halogenated alkanes) is 3. The summed E-state index contributed by atoms with van der Waals surface area (Å²) in [6.07, 6.45) is 16.3. The number of amides is 1. The van der Waals surface area contributed by atoms with Gasteiger partial charge in [-0.3, -0.25) is 16.0 Å². The first-order valence-electron chi connectivity index (χ1n) is 23.3. The number of ether oxygens (including phenoxy) is 3. The third kappa shape index (κ3) is 24.8. The SMILES string of the molecule is C/C=C(\C)C(=O)NCCCN(N)C[C@@H](N)CCCCO[C@H]1C(OCCCC/C(N)=C/NCCCNC(O)C2=CC(O)=C(O)C(O)C2)=CC(CO)=CC1OCCCC/C(N)=C/NCCCN. The number of aliphatic hydroxyl groups is 5. The number of nitrogens with one attached hydrogen (secondary N) is 4. The van der Waals surface area contributed by atoms with Gasteiger partial charge in [-0.15, -0.1) is 0 Å². The molecule has 0 radical (unpaired) electrons. The Bertz CT molecular complexity index is 1590. The summed E-state index contributed by atoms with van der Waals surface area (Å²) >= 11 is 0. The molecule has 1 amide bonds. The third-order valence-corrected chi connectivity index (χ3v) is 10.8. The largest absolute Gasteiger partial charge is 0.506 e. The van der Waals surface area contributed by atoms with Gasteiger partial charge in [0.25, 0.3) is 0 Å². The van der Waals surface area contributed by atoms with Crippen molar-refractivity contribution >= 4 is 5.91 Å². The van der Waals surface area contributed by atoms with E-state index in [0.717, 1.165) is 76.5 Å². The number of rotatable bonds is 37. The molecule has 0 bridgehead atoms. The zero-order valence-electron chi connectivity index (χ0n) is 39.0. The minimum atomic E-state index is -1.24. The predicted molar refractivity (Wildman–Crippen MR) is 255 cm³/mol. The highest BCUT2D eigenvalue weighted by molar-refractivity contribution is 5.92. The van der Waals surface area contributed by atoms with E-state index in [9.17, 15) is 30.3 Å². The molecule has 5 atom stereocenters. The van der Waals surface area contributed by atoms with Crippen molar-refractivity contribution in [2.45, 2.75) is 128 Å². The van der Waals surface area contributed by atoms with Crippen molar-refractivity contribution in [3.8, 4) is 0 Å². The number of hydrogen-bond acceptors (Lipinski definition) is 18. The molecule has 0 aromatic rings. The van der Waals surface area contributed by atoms with Crippen molar-refractivity contribution in [2.24, 2.45) is 28.8 Å². The minimum Gasteiger partial charge on any atom is -0.506 e. The number of hydrogen-bond donors (Lipinski definition) is 14. The van der Waals surface area contributed by atoms with E-state index in [2.05, 4.69) is 21.3 Å². The summed E-state index contributed by atoms with van der Waals surface area (Å²) < 4.78 is 19.1. The number of nitrogens with two attached hydrogens (primary N) is 5. The lowest BCUT2D eigenvalue weighted by Gasteiger charge is -2.31. The number of carbonyl (C=O) groups excluding carboxylic acids is 1. The molecule has 0 aromatic carbocycles. The van der Waals surface area contributed by atoms with Gasteiger partial charge in [-0.25, -0.2) is 5.01 Å². The van der Waals surface area contributed by atoms with E-state index in [0.29, 0.717) is 100 Å². The number of allylic oxidation sites excluding steroid dienone is 4. The van der Waals surface area contributed by atoms with Gasteiger partial charge in [0.1, 0.15) is 30.3 Å². The minimum absolute atomic E-state index is 0.0233. The molecule has 19 nitrogen and oxygen atoms in total. The van der Waals surface area contributed by atoms with Gasteiger partial charge in [0.15, 0.2) is 11.5 Å². The molecule has 2 aliphatic rings. The van der Waals surface area contributed by atoms with Crippen LogP contribution < -0.4 is 50.0 Å². The highest BCUT2D eigenvalue weighted by Crippen LogP contribution is 2.26. The Labute approximate surface area is 386 Å². The fourth-order valence-electron chi connectivity index (χ4n) is 6.84. The van der Waals surface area contributed by atoms with Gasteiger partial charge >= 0.3 is 0 Å². The van der Waals surface area contributed by atoms with Crippen LogP contribution in [-0.4, -0.2) is 139 Å². The number of aliphatic hydroxyl groups excluding tert-OH is 5. The lowest BCUT2D eigenvalue weighted by atomic mass is 9.98. The molecule has 19 N–H and O–H groups in total. The lowest BCUT2D eigenvalue weighted by molar-refractivity contribution is -0.117. The van der Waals surface area contributed by atoms with Crippen molar-refractivity contribution in [3.05, 3.63) is 82.1 Å². The molecule has 0 spiro atoms. The van der Waals surface area contributed by atoms with Crippen molar-refractivity contribution in [3.63, 3.8) is 0 Å². The van der Waals surface area contributed by atoms with E-state index in [1.54, 1.807) is 24.2 Å². The third-order valence-electron chi connectivity index (χ3n) is 10.8. The van der Waals surface area contributed by atoms with Crippen LogP contribution >= 0.6 is 0 Å². The van der Waals surface area contributed by atoms with Crippen LogP contribution in [0.15, 0.2) is 82.1 Å². The Morgan fingerprint density at radius 2 is 1.57 bits per heavy atom. The van der Waals surface area contributed by atoms with Crippen LogP contribution in [0.5, 0.6) is 0 Å². The van der Waals surface area contributed by atoms with Gasteiger partial charge < -0.3 is 78.6 Å². The van der Waals surface area contributed by atoms with Crippen LogP contribution in [0.4, 0.5) is 0 Å². The van der Waals surface area contributed by atoms with E-state index < -0.39 is 36.1 Å². The van der Waals surface area contributed by atoms with Crippen molar-refractivity contribution in [2.75, 3.05) is 72.2 Å². The Hall–Kier alpha value is -4.15. The van der Waals surface area contributed by atoms with Crippen molar-refractivity contribution in [1.82, 2.24) is 26.3 Å². The average molecular weight is 921 g/mol. The van der Waals surface area contributed by atoms with E-state index in [1.165, 1.54) is 6.08 Å². The molecule has 0 aromatic heterocycles. The normalized spacial score (nSPS) is 19.4. The molecule has 0 saturated heterocycles. The fourth-order valence-corrected chi connectivity index (χ4v) is 6.84. The van der Waals surface area contributed by atoms with Crippen LogP contribution in [-0.2, 0) is 19.0 Å². The zero-order valence-corrected chi connectivity index (χ0v) is 39.0. The van der Waals surface area contributed by atoms with Crippen LogP contribution in [0, 0.1) is 0 Å². The average Bonchev–Trinajstić information content (AvgIpc) is 3.28. The topological polar surface area (TPSA) is 327 Å². The molecule has 19 heteroatoms. The van der Waals surface area contributed by atoms with Gasteiger partial charge in [-0.1, -0.05) is 6.08 Å². The fraction of sp³-hybridized carbons (Fsp3) is 0.674. The van der Waals surface area contributed by atoms with Gasteiger partial charge in [-0.2, -0.15) is 0 Å². The molecule has 0 fully saturated rings. The summed E-state index contributed by atoms with van der Waals surface area (Å²) in [7, 11) is 0. The zero-order chi connectivity index (χ0) is 47.8. The highest BCUT2D eigenvalue weighted by atomic mass is 16.6. The van der Waals surface area contributed by atoms with Crippen LogP contribution in [0.3, 0.4) is 0 Å². The quantitative estimate of drug-likeness (QED) is 0.0138. The predicted octanol–water partition coefficient (Wildman–Crippen LogP) is 1.52. The Balaban J connectivity index is 1.83. The Morgan fingerprint density at radius 3 is 2.23 bits per heavy atom. The number of nitrogens with zero attached hydrogens (tertiary/aromatic N) is 1. The second kappa shape index (κ2) is 34.2. The molecule has 3 unspecified atom stereocenters. The van der Waals surface area contributed by atoms with Crippen molar-refractivity contribution in [1.29, 1.82) is 0 Å². The van der Waals surface area contributed by atoms with Gasteiger partial charge in [0, 0.05) is 87.8 Å². The van der Waals surface area contributed by atoms with Crippen LogP contribution in [0.1, 0.15) is 97.3 Å².